The van der Waals surface area contributed by atoms with Crippen LogP contribution in [0.2, 0.25) is 10.0 Å². The van der Waals surface area contributed by atoms with Crippen LogP contribution in [0, 0.1) is 13.8 Å². The van der Waals surface area contributed by atoms with E-state index in [1.54, 1.807) is 59.3 Å². The second-order valence-corrected chi connectivity index (χ2v) is 9.26. The molecule has 0 fully saturated rings. The number of nitrogens with zero attached hydrogens (tertiary/aromatic N) is 3. The highest BCUT2D eigenvalue weighted by Crippen LogP contribution is 2.29. The minimum atomic E-state index is -0.413. The standard InChI is InChI=1S/C27H20Cl2N4O3/c1-15-24(16(2)32(31-15)14-17-10-11-22(28)23(29)12-17)30-25(34)18-6-5-7-19(13-18)33-26(35)20-8-3-4-9-21(20)27(33)36/h3-13H,14H2,1-2H3,(H,30,34). The van der Waals surface area contributed by atoms with Gasteiger partial charge in [-0.1, -0.05) is 47.5 Å². The molecule has 0 saturated heterocycles. The lowest BCUT2D eigenvalue weighted by Crippen LogP contribution is -2.29. The number of fused-ring (bicyclic) bond motifs is 1. The number of anilines is 2. The molecule has 180 valence electrons. The third-order valence-electron chi connectivity index (χ3n) is 6.10. The second kappa shape index (κ2) is 9.26. The van der Waals surface area contributed by atoms with Crippen molar-refractivity contribution in [2.24, 2.45) is 0 Å². The number of amides is 3. The number of hydrogen-bond acceptors (Lipinski definition) is 4. The Balaban J connectivity index is 1.38. The molecule has 0 unspecified atom stereocenters. The van der Waals surface area contributed by atoms with Crippen LogP contribution in [0.3, 0.4) is 0 Å². The Labute approximate surface area is 217 Å². The molecule has 1 aromatic heterocycles. The normalized spacial score (nSPS) is 12.7. The van der Waals surface area contributed by atoms with Crippen LogP contribution in [0.25, 0.3) is 0 Å². The van der Waals surface area contributed by atoms with Crippen molar-refractivity contribution in [1.29, 1.82) is 0 Å². The smallest absolute Gasteiger partial charge is 0.266 e. The van der Waals surface area contributed by atoms with Crippen molar-refractivity contribution < 1.29 is 14.4 Å². The van der Waals surface area contributed by atoms with Gasteiger partial charge in [0.2, 0.25) is 0 Å². The molecule has 0 radical (unpaired) electrons. The van der Waals surface area contributed by atoms with Gasteiger partial charge in [-0.2, -0.15) is 5.10 Å². The van der Waals surface area contributed by atoms with Gasteiger partial charge in [0.15, 0.2) is 0 Å². The molecule has 9 heteroatoms. The van der Waals surface area contributed by atoms with Crippen LogP contribution in [0.15, 0.2) is 66.7 Å². The Morgan fingerprint density at radius 2 is 1.58 bits per heavy atom. The molecule has 1 aliphatic rings. The largest absolute Gasteiger partial charge is 0.319 e. The summed E-state index contributed by atoms with van der Waals surface area (Å²) in [5, 5.41) is 8.41. The van der Waals surface area contributed by atoms with Gasteiger partial charge in [0.05, 0.1) is 50.5 Å². The Hall–Kier alpha value is -3.94. The summed E-state index contributed by atoms with van der Waals surface area (Å²) in [6.45, 7) is 4.13. The van der Waals surface area contributed by atoms with E-state index in [4.69, 9.17) is 23.2 Å². The van der Waals surface area contributed by atoms with Crippen molar-refractivity contribution in [3.63, 3.8) is 0 Å². The average molecular weight is 519 g/mol. The van der Waals surface area contributed by atoms with Crippen LogP contribution in [0.1, 0.15) is 48.0 Å². The van der Waals surface area contributed by atoms with E-state index < -0.39 is 11.8 Å². The van der Waals surface area contributed by atoms with Gasteiger partial charge in [-0.15, -0.1) is 0 Å². The lowest BCUT2D eigenvalue weighted by atomic mass is 10.1. The van der Waals surface area contributed by atoms with Crippen LogP contribution in [-0.4, -0.2) is 27.5 Å². The van der Waals surface area contributed by atoms with Crippen molar-refractivity contribution >= 4 is 52.3 Å². The van der Waals surface area contributed by atoms with E-state index in [-0.39, 0.29) is 5.91 Å². The van der Waals surface area contributed by atoms with Crippen molar-refractivity contribution in [3.8, 4) is 0 Å². The predicted octanol–water partition coefficient (Wildman–Crippen LogP) is 5.91. The van der Waals surface area contributed by atoms with Gasteiger partial charge < -0.3 is 5.32 Å². The maximum atomic E-state index is 13.1. The van der Waals surface area contributed by atoms with Gasteiger partial charge in [-0.3, -0.25) is 19.1 Å². The number of imide groups is 1. The number of carbonyl (C=O) groups is 3. The lowest BCUT2D eigenvalue weighted by molar-refractivity contribution is 0.0924. The van der Waals surface area contributed by atoms with E-state index in [2.05, 4.69) is 10.4 Å². The molecule has 2 heterocycles. The van der Waals surface area contributed by atoms with Gasteiger partial charge in [-0.05, 0) is 61.9 Å². The third kappa shape index (κ3) is 4.17. The van der Waals surface area contributed by atoms with E-state index in [1.807, 2.05) is 19.9 Å². The van der Waals surface area contributed by atoms with Crippen molar-refractivity contribution in [2.45, 2.75) is 20.4 Å². The number of benzene rings is 3. The number of aryl methyl sites for hydroxylation is 1. The Morgan fingerprint density at radius 1 is 0.889 bits per heavy atom. The first-order valence-electron chi connectivity index (χ1n) is 11.1. The molecule has 0 saturated carbocycles. The van der Waals surface area contributed by atoms with E-state index in [1.165, 1.54) is 6.07 Å². The summed E-state index contributed by atoms with van der Waals surface area (Å²) in [6.07, 6.45) is 0. The summed E-state index contributed by atoms with van der Waals surface area (Å²) in [7, 11) is 0. The molecular formula is C27H20Cl2N4O3. The first-order chi connectivity index (χ1) is 17.2. The van der Waals surface area contributed by atoms with Gasteiger partial charge in [0, 0.05) is 5.56 Å². The summed E-state index contributed by atoms with van der Waals surface area (Å²) in [5.74, 6) is -1.21. The minimum Gasteiger partial charge on any atom is -0.319 e. The van der Waals surface area contributed by atoms with Gasteiger partial charge >= 0.3 is 0 Å². The maximum Gasteiger partial charge on any atom is 0.266 e. The predicted molar refractivity (Wildman–Crippen MR) is 139 cm³/mol. The third-order valence-corrected chi connectivity index (χ3v) is 6.84. The van der Waals surface area contributed by atoms with Gasteiger partial charge in [-0.25, -0.2) is 4.90 Å². The average Bonchev–Trinajstić information content (AvgIpc) is 3.28. The first kappa shape index (κ1) is 23.8. The van der Waals surface area contributed by atoms with Gasteiger partial charge in [0.25, 0.3) is 17.7 Å². The fourth-order valence-electron chi connectivity index (χ4n) is 4.24. The van der Waals surface area contributed by atoms with E-state index in [0.717, 1.165) is 16.2 Å². The highest BCUT2D eigenvalue weighted by Gasteiger charge is 2.36. The first-order valence-corrected chi connectivity index (χ1v) is 11.9. The topological polar surface area (TPSA) is 84.3 Å². The molecule has 0 spiro atoms. The van der Waals surface area contributed by atoms with Crippen molar-refractivity contribution in [3.05, 3.63) is 110 Å². The summed E-state index contributed by atoms with van der Waals surface area (Å²) >= 11 is 12.1. The highest BCUT2D eigenvalue weighted by molar-refractivity contribution is 6.42. The van der Waals surface area contributed by atoms with Crippen LogP contribution < -0.4 is 10.2 Å². The number of rotatable bonds is 5. The number of halogens is 2. The van der Waals surface area contributed by atoms with E-state index in [0.29, 0.717) is 50.3 Å². The molecule has 0 atom stereocenters. The molecule has 7 nitrogen and oxygen atoms in total. The van der Waals surface area contributed by atoms with Crippen LogP contribution in [-0.2, 0) is 6.54 Å². The lowest BCUT2D eigenvalue weighted by Gasteiger charge is -2.15. The number of hydrogen-bond donors (Lipinski definition) is 1. The zero-order chi connectivity index (χ0) is 25.6. The second-order valence-electron chi connectivity index (χ2n) is 8.45. The molecule has 1 aliphatic heterocycles. The molecule has 36 heavy (non-hydrogen) atoms. The number of nitrogens with one attached hydrogen (secondary N) is 1. The fourth-order valence-corrected chi connectivity index (χ4v) is 4.56. The van der Waals surface area contributed by atoms with Gasteiger partial charge in [0.1, 0.15) is 0 Å². The minimum absolute atomic E-state index is 0.306. The summed E-state index contributed by atoms with van der Waals surface area (Å²) in [6, 6.07) is 18.5. The maximum absolute atomic E-state index is 13.1. The molecule has 3 aromatic carbocycles. The molecule has 3 amide bonds. The number of aromatic nitrogens is 2. The monoisotopic (exact) mass is 518 g/mol. The van der Waals surface area contributed by atoms with Crippen molar-refractivity contribution in [1.82, 2.24) is 9.78 Å². The van der Waals surface area contributed by atoms with Crippen LogP contribution in [0.5, 0.6) is 0 Å². The zero-order valence-electron chi connectivity index (χ0n) is 19.4. The molecule has 4 aromatic rings. The number of carbonyl (C=O) groups excluding carboxylic acids is 3. The fraction of sp³-hybridized carbons (Fsp3) is 0.111. The molecule has 5 rings (SSSR count). The highest BCUT2D eigenvalue weighted by atomic mass is 35.5. The summed E-state index contributed by atoms with van der Waals surface area (Å²) < 4.78 is 1.78. The molecule has 0 aliphatic carbocycles. The summed E-state index contributed by atoms with van der Waals surface area (Å²) in [5.41, 5.74) is 4.25. The Kier molecular flexibility index (Phi) is 6.12. The van der Waals surface area contributed by atoms with Crippen molar-refractivity contribution in [2.75, 3.05) is 10.2 Å². The quantitative estimate of drug-likeness (QED) is 0.333. The molecule has 0 bridgehead atoms. The van der Waals surface area contributed by atoms with Crippen LogP contribution >= 0.6 is 23.2 Å². The zero-order valence-corrected chi connectivity index (χ0v) is 20.9. The molecule has 1 N–H and O–H groups in total. The molecular weight excluding hydrogens is 499 g/mol. The SMILES string of the molecule is Cc1nn(Cc2ccc(Cl)c(Cl)c2)c(C)c1NC(=O)c1cccc(N2C(=O)c3ccccc3C2=O)c1. The summed E-state index contributed by atoms with van der Waals surface area (Å²) in [4.78, 5) is 39.9. The Bertz CT molecular complexity index is 1530. The Morgan fingerprint density at radius 3 is 2.25 bits per heavy atom. The van der Waals surface area contributed by atoms with E-state index in [9.17, 15) is 14.4 Å². The van der Waals surface area contributed by atoms with Crippen LogP contribution in [0.4, 0.5) is 11.4 Å². The van der Waals surface area contributed by atoms with E-state index >= 15 is 0 Å².